The maximum Gasteiger partial charge on any atom is 0.153 e. The number of nitrogen functional groups attached to an aromatic ring is 1. The molecule has 0 unspecified atom stereocenters. The average Bonchev–Trinajstić information content (AvgIpc) is 3.07. The number of nitrogens with zero attached hydrogens (tertiary/aromatic N) is 2. The van der Waals surface area contributed by atoms with Crippen LogP contribution in [0.25, 0.3) is 22.0 Å². The molecule has 29 heavy (non-hydrogen) atoms. The number of H-pyrrole nitrogens is 1. The first kappa shape index (κ1) is 18.8. The lowest BCUT2D eigenvalue weighted by molar-refractivity contribution is -0.117. The van der Waals surface area contributed by atoms with Crippen LogP contribution >= 0.6 is 0 Å². The smallest absolute Gasteiger partial charge is 0.153 e. The lowest BCUT2D eigenvalue weighted by Gasteiger charge is -2.08. The molecule has 146 valence electrons. The Labute approximate surface area is 167 Å². The molecule has 0 amide bonds. The molecular formula is C23H21FN4O. The third-order valence-corrected chi connectivity index (χ3v) is 4.99. The lowest BCUT2D eigenvalue weighted by atomic mass is 9.99. The molecular weight excluding hydrogens is 367 g/mol. The van der Waals surface area contributed by atoms with E-state index in [1.807, 2.05) is 37.3 Å². The normalized spacial score (nSPS) is 11.1. The molecule has 0 radical (unpaired) electrons. The van der Waals surface area contributed by atoms with Crippen LogP contribution in [0.3, 0.4) is 0 Å². The van der Waals surface area contributed by atoms with Crippen LogP contribution in [0.5, 0.6) is 0 Å². The summed E-state index contributed by atoms with van der Waals surface area (Å²) in [6.07, 6.45) is 1.94. The quantitative estimate of drug-likeness (QED) is 0.533. The summed E-state index contributed by atoms with van der Waals surface area (Å²) in [6.45, 7) is 3.61. The van der Waals surface area contributed by atoms with E-state index in [0.29, 0.717) is 22.6 Å². The first-order chi connectivity index (χ1) is 13.9. The molecule has 5 nitrogen and oxygen atoms in total. The number of fused-ring (bicyclic) bond motifs is 1. The van der Waals surface area contributed by atoms with Gasteiger partial charge in [0.15, 0.2) is 5.82 Å². The molecule has 2 aromatic heterocycles. The van der Waals surface area contributed by atoms with Gasteiger partial charge in [0.25, 0.3) is 0 Å². The van der Waals surface area contributed by atoms with Gasteiger partial charge in [0.1, 0.15) is 11.6 Å². The standard InChI is InChI=1S/C23H21FN4O/c1-13-8-14(2)22(24)16(9-13)10-18(29)11-17-7-6-15(12-26-17)19-4-3-5-20-21(19)23(25)28-27-20/h3-9,12H,10-11H2,1-2H3,(H3,25,27,28). The maximum absolute atomic E-state index is 14.3. The number of ketones is 1. The zero-order valence-corrected chi connectivity index (χ0v) is 16.3. The Hall–Kier alpha value is -3.54. The second-order valence-electron chi connectivity index (χ2n) is 7.32. The van der Waals surface area contributed by atoms with E-state index in [2.05, 4.69) is 15.2 Å². The van der Waals surface area contributed by atoms with Gasteiger partial charge in [-0.3, -0.25) is 14.9 Å². The van der Waals surface area contributed by atoms with Crippen LogP contribution in [0.15, 0.2) is 48.7 Å². The number of hydrogen-bond acceptors (Lipinski definition) is 4. The molecule has 2 heterocycles. The molecule has 0 aliphatic rings. The number of hydrogen-bond donors (Lipinski definition) is 2. The fourth-order valence-electron chi connectivity index (χ4n) is 3.67. The molecule has 4 rings (SSSR count). The van der Waals surface area contributed by atoms with Crippen LogP contribution in [0, 0.1) is 19.7 Å². The molecule has 0 atom stereocenters. The topological polar surface area (TPSA) is 84.7 Å². The summed E-state index contributed by atoms with van der Waals surface area (Å²) in [4.78, 5) is 16.9. The van der Waals surface area contributed by atoms with Crippen molar-refractivity contribution in [1.82, 2.24) is 15.2 Å². The predicted molar refractivity (Wildman–Crippen MR) is 112 cm³/mol. The number of pyridine rings is 1. The number of aromatic nitrogens is 3. The van der Waals surface area contributed by atoms with Gasteiger partial charge in [-0.25, -0.2) is 4.39 Å². The van der Waals surface area contributed by atoms with Crippen LogP contribution in [0.1, 0.15) is 22.4 Å². The van der Waals surface area contributed by atoms with Crippen molar-refractivity contribution in [3.8, 4) is 11.1 Å². The molecule has 0 saturated heterocycles. The molecule has 3 N–H and O–H groups in total. The number of nitrogens with one attached hydrogen (secondary N) is 1. The summed E-state index contributed by atoms with van der Waals surface area (Å²) < 4.78 is 14.3. The van der Waals surface area contributed by atoms with Crippen molar-refractivity contribution < 1.29 is 9.18 Å². The Morgan fingerprint density at radius 1 is 1.14 bits per heavy atom. The number of anilines is 1. The summed E-state index contributed by atoms with van der Waals surface area (Å²) in [6, 6.07) is 13.0. The van der Waals surface area contributed by atoms with Crippen LogP contribution in [-0.4, -0.2) is 21.0 Å². The largest absolute Gasteiger partial charge is 0.382 e. The third kappa shape index (κ3) is 3.74. The highest BCUT2D eigenvalue weighted by Crippen LogP contribution is 2.30. The van der Waals surface area contributed by atoms with Crippen LogP contribution in [-0.2, 0) is 17.6 Å². The SMILES string of the molecule is Cc1cc(C)c(F)c(CC(=O)Cc2ccc(-c3cccc4[nH]nc(N)c34)cn2)c1. The van der Waals surface area contributed by atoms with Gasteiger partial charge in [-0.05, 0) is 42.7 Å². The highest BCUT2D eigenvalue weighted by molar-refractivity contribution is 6.01. The number of benzene rings is 2. The molecule has 0 aliphatic carbocycles. The van der Waals surface area contributed by atoms with E-state index in [4.69, 9.17) is 5.73 Å². The summed E-state index contributed by atoms with van der Waals surface area (Å²) in [5.41, 5.74) is 11.2. The minimum Gasteiger partial charge on any atom is -0.382 e. The van der Waals surface area contributed by atoms with E-state index in [-0.39, 0.29) is 24.4 Å². The molecule has 2 aromatic carbocycles. The van der Waals surface area contributed by atoms with Crippen molar-refractivity contribution in [2.24, 2.45) is 0 Å². The zero-order valence-electron chi connectivity index (χ0n) is 16.3. The number of aryl methyl sites for hydroxylation is 2. The first-order valence-electron chi connectivity index (χ1n) is 9.37. The van der Waals surface area contributed by atoms with E-state index in [1.165, 1.54) is 0 Å². The number of aromatic amines is 1. The summed E-state index contributed by atoms with van der Waals surface area (Å²) in [5.74, 6) is 0.0544. The second kappa shape index (κ2) is 7.47. The molecule has 0 saturated carbocycles. The van der Waals surface area contributed by atoms with Gasteiger partial charge in [-0.1, -0.05) is 35.9 Å². The van der Waals surface area contributed by atoms with Crippen molar-refractivity contribution in [1.29, 1.82) is 0 Å². The van der Waals surface area contributed by atoms with Crippen molar-refractivity contribution in [3.63, 3.8) is 0 Å². The first-order valence-corrected chi connectivity index (χ1v) is 9.37. The third-order valence-electron chi connectivity index (χ3n) is 4.99. The Kier molecular flexibility index (Phi) is 4.84. The van der Waals surface area contributed by atoms with Gasteiger partial charge in [0.2, 0.25) is 0 Å². The highest BCUT2D eigenvalue weighted by Gasteiger charge is 2.14. The number of nitrogens with two attached hydrogens (primary N) is 1. The van der Waals surface area contributed by atoms with Crippen molar-refractivity contribution in [2.45, 2.75) is 26.7 Å². The Balaban J connectivity index is 1.53. The Morgan fingerprint density at radius 3 is 2.72 bits per heavy atom. The summed E-state index contributed by atoms with van der Waals surface area (Å²) in [7, 11) is 0. The summed E-state index contributed by atoms with van der Waals surface area (Å²) >= 11 is 0. The van der Waals surface area contributed by atoms with Gasteiger partial charge < -0.3 is 5.73 Å². The minimum absolute atomic E-state index is 0.0582. The lowest BCUT2D eigenvalue weighted by Crippen LogP contribution is -2.10. The number of Topliss-reactive ketones (excluding diaryl/α,β-unsaturated/α-hetero) is 1. The Bertz CT molecular complexity index is 1210. The van der Waals surface area contributed by atoms with E-state index in [9.17, 15) is 9.18 Å². The molecule has 0 aliphatic heterocycles. The average molecular weight is 388 g/mol. The molecule has 0 spiro atoms. The second-order valence-corrected chi connectivity index (χ2v) is 7.32. The highest BCUT2D eigenvalue weighted by atomic mass is 19.1. The van der Waals surface area contributed by atoms with E-state index in [1.54, 1.807) is 25.3 Å². The fourth-order valence-corrected chi connectivity index (χ4v) is 3.67. The molecule has 0 bridgehead atoms. The van der Waals surface area contributed by atoms with Crippen molar-refractivity contribution in [2.75, 3.05) is 5.73 Å². The van der Waals surface area contributed by atoms with Crippen molar-refractivity contribution >= 4 is 22.5 Å². The monoisotopic (exact) mass is 388 g/mol. The maximum atomic E-state index is 14.3. The summed E-state index contributed by atoms with van der Waals surface area (Å²) in [5, 5.41) is 7.81. The molecule has 4 aromatic rings. The molecule has 6 heteroatoms. The van der Waals surface area contributed by atoms with Crippen molar-refractivity contribution in [3.05, 3.63) is 76.9 Å². The van der Waals surface area contributed by atoms with Crippen LogP contribution in [0.4, 0.5) is 10.2 Å². The zero-order chi connectivity index (χ0) is 20.5. The van der Waals surface area contributed by atoms with E-state index in [0.717, 1.165) is 27.6 Å². The number of halogens is 1. The van der Waals surface area contributed by atoms with Gasteiger partial charge in [-0.2, -0.15) is 5.10 Å². The number of rotatable bonds is 5. The fraction of sp³-hybridized carbons (Fsp3) is 0.174. The Morgan fingerprint density at radius 2 is 1.97 bits per heavy atom. The van der Waals surface area contributed by atoms with Gasteiger partial charge in [0, 0.05) is 30.3 Å². The van der Waals surface area contributed by atoms with E-state index < -0.39 is 0 Å². The predicted octanol–water partition coefficient (Wildman–Crippen LogP) is 4.32. The van der Waals surface area contributed by atoms with Crippen LogP contribution < -0.4 is 5.73 Å². The minimum atomic E-state index is -0.307. The van der Waals surface area contributed by atoms with Gasteiger partial charge >= 0.3 is 0 Å². The van der Waals surface area contributed by atoms with E-state index >= 15 is 0 Å². The molecule has 0 fully saturated rings. The van der Waals surface area contributed by atoms with Gasteiger partial charge in [-0.15, -0.1) is 0 Å². The number of carbonyl (C=O) groups is 1. The number of carbonyl (C=O) groups excluding carboxylic acids is 1. The van der Waals surface area contributed by atoms with Crippen LogP contribution in [0.2, 0.25) is 0 Å². The van der Waals surface area contributed by atoms with Gasteiger partial charge in [0.05, 0.1) is 10.9 Å².